The Kier molecular flexibility index (Phi) is 6.82. The Balaban J connectivity index is 1.63. The largest absolute Gasteiger partial charge is 0.476 e. The first kappa shape index (κ1) is 24.8. The molecule has 1 aromatic carbocycles. The highest BCUT2D eigenvalue weighted by molar-refractivity contribution is 8.01. The average molecular weight is 559 g/mol. The number of nitrogens with zero attached hydrogens (tertiary/aromatic N) is 5. The van der Waals surface area contributed by atoms with Crippen molar-refractivity contribution in [1.82, 2.24) is 24.1 Å². The molecule has 5 rings (SSSR count). The van der Waals surface area contributed by atoms with Crippen LogP contribution in [0, 0.1) is 6.92 Å². The molecule has 0 unspecified atom stereocenters. The molecular formula is C25H21Cl2N5O2S2. The molecule has 36 heavy (non-hydrogen) atoms. The van der Waals surface area contributed by atoms with Gasteiger partial charge in [-0.05, 0) is 36.8 Å². The summed E-state index contributed by atoms with van der Waals surface area (Å²) in [7, 11) is 0. The van der Waals surface area contributed by atoms with Crippen LogP contribution in [0.25, 0.3) is 22.0 Å². The molecule has 0 amide bonds. The number of hydrogen-bond donors (Lipinski definition) is 1. The van der Waals surface area contributed by atoms with Crippen molar-refractivity contribution >= 4 is 57.9 Å². The average Bonchev–Trinajstić information content (AvgIpc) is 3.52. The van der Waals surface area contributed by atoms with E-state index in [0.29, 0.717) is 38.1 Å². The number of pyridine rings is 1. The lowest BCUT2D eigenvalue weighted by atomic mass is 10.0. The predicted molar refractivity (Wildman–Crippen MR) is 145 cm³/mol. The second-order valence-electron chi connectivity index (χ2n) is 8.45. The van der Waals surface area contributed by atoms with Crippen molar-refractivity contribution in [1.29, 1.82) is 0 Å². The van der Waals surface area contributed by atoms with Crippen LogP contribution in [0.4, 0.5) is 0 Å². The summed E-state index contributed by atoms with van der Waals surface area (Å²) < 4.78 is 4.36. The molecular weight excluding hydrogens is 537 g/mol. The maximum atomic E-state index is 12.5. The molecule has 0 aliphatic rings. The molecule has 7 nitrogen and oxygen atoms in total. The van der Waals surface area contributed by atoms with E-state index in [1.54, 1.807) is 43.1 Å². The normalized spacial score (nSPS) is 11.6. The first-order valence-electron chi connectivity index (χ1n) is 11.1. The van der Waals surface area contributed by atoms with Gasteiger partial charge in [0.25, 0.3) is 0 Å². The van der Waals surface area contributed by atoms with Gasteiger partial charge in [0.15, 0.2) is 5.69 Å². The maximum absolute atomic E-state index is 12.5. The van der Waals surface area contributed by atoms with E-state index in [2.05, 4.69) is 23.9 Å². The van der Waals surface area contributed by atoms with Crippen LogP contribution in [0.2, 0.25) is 10.0 Å². The first-order chi connectivity index (χ1) is 17.2. The van der Waals surface area contributed by atoms with Gasteiger partial charge in [0.05, 0.1) is 15.6 Å². The molecule has 0 radical (unpaired) electrons. The van der Waals surface area contributed by atoms with Gasteiger partial charge in [-0.3, -0.25) is 0 Å². The number of aryl methyl sites for hydroxylation is 1. The standard InChI is InChI=1S/C25H21Cl2N5O2S2/c1-13(2)35-24-21(16-5-7-20-28-8-9-31(20)12-16)29-25(36-24)32-22(23(33)34)18(14(3)30-32)10-15-4-6-17(26)11-19(15)27/h4-9,11-13H,10H2,1-3H3,(H,33,34). The van der Waals surface area contributed by atoms with Crippen molar-refractivity contribution in [3.05, 3.63) is 81.5 Å². The van der Waals surface area contributed by atoms with Gasteiger partial charge >= 0.3 is 5.97 Å². The molecule has 0 bridgehead atoms. The molecule has 0 fully saturated rings. The topological polar surface area (TPSA) is 85.3 Å². The van der Waals surface area contributed by atoms with Crippen molar-refractivity contribution < 1.29 is 9.90 Å². The molecule has 1 N–H and O–H groups in total. The monoisotopic (exact) mass is 557 g/mol. The maximum Gasteiger partial charge on any atom is 0.355 e. The van der Waals surface area contributed by atoms with E-state index in [0.717, 1.165) is 26.7 Å². The van der Waals surface area contributed by atoms with Gasteiger partial charge in [-0.2, -0.15) is 9.78 Å². The zero-order chi connectivity index (χ0) is 25.6. The summed E-state index contributed by atoms with van der Waals surface area (Å²) in [4.78, 5) is 21.7. The van der Waals surface area contributed by atoms with E-state index in [9.17, 15) is 9.90 Å². The lowest BCUT2D eigenvalue weighted by Crippen LogP contribution is -2.10. The number of aromatic nitrogens is 5. The van der Waals surface area contributed by atoms with Crippen molar-refractivity contribution in [2.24, 2.45) is 0 Å². The molecule has 184 valence electrons. The molecule has 4 aromatic heterocycles. The molecule has 0 saturated heterocycles. The van der Waals surface area contributed by atoms with Gasteiger partial charge in [-0.25, -0.2) is 14.8 Å². The van der Waals surface area contributed by atoms with Gasteiger partial charge in [0.1, 0.15) is 5.65 Å². The lowest BCUT2D eigenvalue weighted by molar-refractivity contribution is 0.0686. The van der Waals surface area contributed by atoms with Crippen LogP contribution >= 0.6 is 46.3 Å². The quantitative estimate of drug-likeness (QED) is 0.216. The summed E-state index contributed by atoms with van der Waals surface area (Å²) in [6.45, 7) is 6.02. The molecule has 0 aliphatic carbocycles. The first-order valence-corrected chi connectivity index (χ1v) is 13.5. The van der Waals surface area contributed by atoms with E-state index < -0.39 is 5.97 Å². The van der Waals surface area contributed by atoms with Gasteiger partial charge < -0.3 is 9.51 Å². The van der Waals surface area contributed by atoms with E-state index in [1.807, 2.05) is 28.9 Å². The summed E-state index contributed by atoms with van der Waals surface area (Å²) in [5.41, 5.74) is 4.58. The number of aromatic carboxylic acids is 1. The molecule has 5 aromatic rings. The van der Waals surface area contributed by atoms with Gasteiger partial charge in [0.2, 0.25) is 5.13 Å². The number of rotatable bonds is 7. The number of benzene rings is 1. The summed E-state index contributed by atoms with van der Waals surface area (Å²) in [5, 5.41) is 16.6. The number of carbonyl (C=O) groups is 1. The van der Waals surface area contributed by atoms with Gasteiger partial charge in [0, 0.05) is 51.4 Å². The van der Waals surface area contributed by atoms with Crippen LogP contribution in [0.15, 0.2) is 53.1 Å². The number of thioether (sulfide) groups is 1. The summed E-state index contributed by atoms with van der Waals surface area (Å²) in [6, 6.07) is 9.11. The predicted octanol–water partition coefficient (Wildman–Crippen LogP) is 7.05. The molecule has 4 heterocycles. The number of carboxylic acids is 1. The molecule has 0 aliphatic heterocycles. The zero-order valence-corrected chi connectivity index (χ0v) is 22.7. The fraction of sp³-hybridized carbons (Fsp3) is 0.200. The van der Waals surface area contributed by atoms with Crippen LogP contribution in [0.3, 0.4) is 0 Å². The number of thiazole rings is 1. The van der Waals surface area contributed by atoms with Crippen LogP contribution in [0.5, 0.6) is 0 Å². The second kappa shape index (κ2) is 9.89. The second-order valence-corrected chi connectivity index (χ2v) is 12.1. The minimum Gasteiger partial charge on any atom is -0.476 e. The number of carboxylic acid groups (broad SMARTS) is 1. The fourth-order valence-electron chi connectivity index (χ4n) is 3.91. The third-order valence-electron chi connectivity index (χ3n) is 5.54. The van der Waals surface area contributed by atoms with E-state index in [-0.39, 0.29) is 5.69 Å². The Morgan fingerprint density at radius 2 is 2.03 bits per heavy atom. The Hall–Kier alpha value is -2.85. The van der Waals surface area contributed by atoms with Crippen molar-refractivity contribution in [3.63, 3.8) is 0 Å². The number of fused-ring (bicyclic) bond motifs is 1. The minimum absolute atomic E-state index is 0.0741. The molecule has 0 saturated carbocycles. The number of hydrogen-bond acceptors (Lipinski definition) is 6. The lowest BCUT2D eigenvalue weighted by Gasteiger charge is -2.06. The Morgan fingerprint density at radius 1 is 1.22 bits per heavy atom. The summed E-state index contributed by atoms with van der Waals surface area (Å²) in [5.74, 6) is -1.08. The highest BCUT2D eigenvalue weighted by Crippen LogP contribution is 2.40. The third-order valence-corrected chi connectivity index (χ3v) is 8.37. The van der Waals surface area contributed by atoms with Crippen molar-refractivity contribution in [3.8, 4) is 16.4 Å². The van der Waals surface area contributed by atoms with E-state index in [4.69, 9.17) is 28.2 Å². The summed E-state index contributed by atoms with van der Waals surface area (Å²) >= 11 is 15.5. The summed E-state index contributed by atoms with van der Waals surface area (Å²) in [6.07, 6.45) is 5.92. The Labute approximate surface area is 225 Å². The van der Waals surface area contributed by atoms with Crippen molar-refractivity contribution in [2.75, 3.05) is 0 Å². The zero-order valence-electron chi connectivity index (χ0n) is 19.6. The van der Waals surface area contributed by atoms with Gasteiger partial charge in [-0.1, -0.05) is 54.5 Å². The van der Waals surface area contributed by atoms with Crippen molar-refractivity contribution in [2.45, 2.75) is 36.7 Å². The fourth-order valence-corrected chi connectivity index (χ4v) is 6.86. The number of imidazole rings is 1. The SMILES string of the molecule is Cc1nn(-c2nc(-c3ccc4nccn4c3)c(SC(C)C)s2)c(C(=O)O)c1Cc1ccc(Cl)cc1Cl. The Bertz CT molecular complexity index is 1610. The molecule has 0 atom stereocenters. The van der Waals surface area contributed by atoms with Crippen LogP contribution in [-0.2, 0) is 6.42 Å². The highest BCUT2D eigenvalue weighted by atomic mass is 35.5. The van der Waals surface area contributed by atoms with Crippen LogP contribution < -0.4 is 0 Å². The minimum atomic E-state index is -1.08. The Morgan fingerprint density at radius 3 is 2.75 bits per heavy atom. The smallest absolute Gasteiger partial charge is 0.355 e. The van der Waals surface area contributed by atoms with Crippen LogP contribution in [0.1, 0.15) is 41.2 Å². The van der Waals surface area contributed by atoms with E-state index in [1.165, 1.54) is 16.0 Å². The van der Waals surface area contributed by atoms with E-state index >= 15 is 0 Å². The molecule has 0 spiro atoms. The van der Waals surface area contributed by atoms with Gasteiger partial charge in [-0.15, -0.1) is 11.8 Å². The third kappa shape index (κ3) is 4.76. The van der Waals surface area contributed by atoms with Crippen LogP contribution in [-0.4, -0.2) is 40.5 Å². The molecule has 11 heteroatoms. The highest BCUT2D eigenvalue weighted by Gasteiger charge is 2.26. The number of halogens is 2.